The zero-order chi connectivity index (χ0) is 16.9. The lowest BCUT2D eigenvalue weighted by molar-refractivity contribution is -0.129. The van der Waals surface area contributed by atoms with Gasteiger partial charge in [-0.2, -0.15) is 0 Å². The molecular formula is C18H21BrN2OS2. The summed E-state index contributed by atoms with van der Waals surface area (Å²) in [5, 5.41) is 2.06. The molecule has 3 nitrogen and oxygen atoms in total. The molecule has 0 radical (unpaired) electrons. The molecule has 1 fully saturated rings. The van der Waals surface area contributed by atoms with Gasteiger partial charge < -0.3 is 4.90 Å². The van der Waals surface area contributed by atoms with Crippen LogP contribution < -0.4 is 0 Å². The third kappa shape index (κ3) is 4.61. The van der Waals surface area contributed by atoms with Crippen molar-refractivity contribution in [1.29, 1.82) is 0 Å². The summed E-state index contributed by atoms with van der Waals surface area (Å²) in [5.41, 5.74) is 2.08. The van der Waals surface area contributed by atoms with Crippen molar-refractivity contribution in [3.05, 3.63) is 34.1 Å². The first-order chi connectivity index (χ1) is 11.6. The number of halogens is 1. The quantitative estimate of drug-likeness (QED) is 0.597. The lowest BCUT2D eigenvalue weighted by Crippen LogP contribution is -2.39. The molecule has 1 aromatic carbocycles. The summed E-state index contributed by atoms with van der Waals surface area (Å²) in [4.78, 5) is 19.0. The summed E-state index contributed by atoms with van der Waals surface area (Å²) >= 11 is 6.60. The van der Waals surface area contributed by atoms with E-state index in [1.807, 2.05) is 24.1 Å². The Hall–Kier alpha value is -0.850. The van der Waals surface area contributed by atoms with Crippen molar-refractivity contribution in [2.75, 3.05) is 12.8 Å². The number of amides is 1. The Bertz CT molecular complexity index is 681. The first kappa shape index (κ1) is 18.0. The number of carbonyl (C=O) groups is 1. The minimum Gasteiger partial charge on any atom is -0.342 e. The van der Waals surface area contributed by atoms with Crippen LogP contribution in [0, 0.1) is 0 Å². The Morgan fingerprint density at radius 2 is 2.00 bits per heavy atom. The normalized spacial score (nSPS) is 15.4. The summed E-state index contributed by atoms with van der Waals surface area (Å²) in [6, 6.07) is 8.57. The topological polar surface area (TPSA) is 33.2 Å². The van der Waals surface area contributed by atoms with E-state index in [1.165, 1.54) is 19.3 Å². The van der Waals surface area contributed by atoms with Gasteiger partial charge in [0.05, 0.1) is 11.4 Å². The fourth-order valence-corrected chi connectivity index (χ4v) is 5.00. The van der Waals surface area contributed by atoms with E-state index in [9.17, 15) is 4.79 Å². The molecule has 2 aromatic rings. The molecule has 0 spiro atoms. The van der Waals surface area contributed by atoms with Crippen molar-refractivity contribution in [3.63, 3.8) is 0 Å². The van der Waals surface area contributed by atoms with E-state index in [-0.39, 0.29) is 5.91 Å². The number of carbonyl (C=O) groups excluding carboxylic acids is 1. The third-order valence-electron chi connectivity index (χ3n) is 4.46. The van der Waals surface area contributed by atoms with Gasteiger partial charge in [0.15, 0.2) is 4.34 Å². The highest BCUT2D eigenvalue weighted by Crippen LogP contribution is 2.29. The SMILES string of the molecule is CN(C(=O)CSc1nc(-c2ccc(Br)cc2)cs1)C1CCCCC1. The van der Waals surface area contributed by atoms with Crippen molar-refractivity contribution >= 4 is 44.9 Å². The number of thioether (sulfide) groups is 1. The van der Waals surface area contributed by atoms with Gasteiger partial charge in [0.25, 0.3) is 0 Å². The smallest absolute Gasteiger partial charge is 0.233 e. The fraction of sp³-hybridized carbons (Fsp3) is 0.444. The number of hydrogen-bond acceptors (Lipinski definition) is 4. The fourth-order valence-electron chi connectivity index (χ4n) is 2.97. The first-order valence-corrected chi connectivity index (χ1v) is 10.9. The highest BCUT2D eigenvalue weighted by Gasteiger charge is 2.22. The van der Waals surface area contributed by atoms with Gasteiger partial charge in [-0.25, -0.2) is 4.98 Å². The van der Waals surface area contributed by atoms with Crippen LogP contribution in [0.4, 0.5) is 0 Å². The van der Waals surface area contributed by atoms with Gasteiger partial charge in [-0.05, 0) is 25.0 Å². The molecule has 3 rings (SSSR count). The largest absolute Gasteiger partial charge is 0.342 e. The Balaban J connectivity index is 1.55. The number of rotatable bonds is 5. The summed E-state index contributed by atoms with van der Waals surface area (Å²) in [6.45, 7) is 0. The van der Waals surface area contributed by atoms with Gasteiger partial charge >= 0.3 is 0 Å². The average molecular weight is 425 g/mol. The number of benzene rings is 1. The maximum absolute atomic E-state index is 12.4. The Morgan fingerprint density at radius 3 is 2.71 bits per heavy atom. The van der Waals surface area contributed by atoms with E-state index in [1.54, 1.807) is 23.1 Å². The Labute approximate surface area is 160 Å². The molecule has 0 bridgehead atoms. The van der Waals surface area contributed by atoms with Crippen molar-refractivity contribution in [2.24, 2.45) is 0 Å². The minimum absolute atomic E-state index is 0.215. The highest BCUT2D eigenvalue weighted by atomic mass is 79.9. The van der Waals surface area contributed by atoms with Crippen LogP contribution >= 0.6 is 39.0 Å². The van der Waals surface area contributed by atoms with Gasteiger partial charge in [0.1, 0.15) is 0 Å². The molecule has 0 saturated heterocycles. The zero-order valence-electron chi connectivity index (χ0n) is 13.7. The maximum atomic E-state index is 12.4. The summed E-state index contributed by atoms with van der Waals surface area (Å²) in [6.07, 6.45) is 6.11. The van der Waals surface area contributed by atoms with E-state index >= 15 is 0 Å². The van der Waals surface area contributed by atoms with Gasteiger partial charge in [-0.3, -0.25) is 4.79 Å². The standard InChI is InChI=1S/C18H21BrN2OS2/c1-21(15-5-3-2-4-6-15)17(22)12-24-18-20-16(11-23-18)13-7-9-14(19)10-8-13/h7-11,15H,2-6,12H2,1H3. The molecule has 6 heteroatoms. The molecule has 0 aliphatic heterocycles. The molecule has 0 N–H and O–H groups in total. The second-order valence-corrected chi connectivity index (χ2v) is 9.09. The number of aromatic nitrogens is 1. The molecule has 24 heavy (non-hydrogen) atoms. The summed E-state index contributed by atoms with van der Waals surface area (Å²) < 4.78 is 2.02. The van der Waals surface area contributed by atoms with Crippen LogP contribution in [0.3, 0.4) is 0 Å². The maximum Gasteiger partial charge on any atom is 0.233 e. The molecular weight excluding hydrogens is 404 g/mol. The predicted molar refractivity (Wildman–Crippen MR) is 106 cm³/mol. The van der Waals surface area contributed by atoms with E-state index in [4.69, 9.17) is 0 Å². The van der Waals surface area contributed by atoms with Gasteiger partial charge in [0.2, 0.25) is 5.91 Å². The monoisotopic (exact) mass is 424 g/mol. The number of nitrogens with zero attached hydrogens (tertiary/aromatic N) is 2. The van der Waals surface area contributed by atoms with Crippen LogP contribution in [0.25, 0.3) is 11.3 Å². The van der Waals surface area contributed by atoms with Crippen LogP contribution in [-0.2, 0) is 4.79 Å². The van der Waals surface area contributed by atoms with Crippen LogP contribution in [-0.4, -0.2) is 34.6 Å². The van der Waals surface area contributed by atoms with Crippen LogP contribution in [0.1, 0.15) is 32.1 Å². The van der Waals surface area contributed by atoms with Crippen LogP contribution in [0.15, 0.2) is 38.5 Å². The van der Waals surface area contributed by atoms with Gasteiger partial charge in [-0.15, -0.1) is 11.3 Å². The van der Waals surface area contributed by atoms with Crippen LogP contribution in [0.2, 0.25) is 0 Å². The molecule has 1 heterocycles. The lowest BCUT2D eigenvalue weighted by atomic mass is 9.94. The van der Waals surface area contributed by atoms with Gasteiger partial charge in [0, 0.05) is 28.5 Å². The highest BCUT2D eigenvalue weighted by molar-refractivity contribution is 9.10. The Kier molecular flexibility index (Phi) is 6.36. The second kappa shape index (κ2) is 8.50. The molecule has 1 aliphatic rings. The third-order valence-corrected chi connectivity index (χ3v) is 6.99. The molecule has 1 aliphatic carbocycles. The minimum atomic E-state index is 0.215. The predicted octanol–water partition coefficient (Wildman–Crippen LogP) is 5.46. The van der Waals surface area contributed by atoms with Crippen molar-refractivity contribution in [1.82, 2.24) is 9.88 Å². The number of thiazole rings is 1. The van der Waals surface area contributed by atoms with E-state index in [2.05, 4.69) is 38.4 Å². The molecule has 0 atom stereocenters. The second-order valence-electron chi connectivity index (χ2n) is 6.09. The molecule has 0 unspecified atom stereocenters. The lowest BCUT2D eigenvalue weighted by Gasteiger charge is -2.31. The van der Waals surface area contributed by atoms with Gasteiger partial charge in [-0.1, -0.05) is 59.1 Å². The van der Waals surface area contributed by atoms with Crippen molar-refractivity contribution in [2.45, 2.75) is 42.5 Å². The van der Waals surface area contributed by atoms with Crippen molar-refractivity contribution < 1.29 is 4.79 Å². The molecule has 1 saturated carbocycles. The average Bonchev–Trinajstić information content (AvgIpc) is 3.09. The zero-order valence-corrected chi connectivity index (χ0v) is 16.9. The number of hydrogen-bond donors (Lipinski definition) is 0. The Morgan fingerprint density at radius 1 is 1.29 bits per heavy atom. The molecule has 1 aromatic heterocycles. The summed E-state index contributed by atoms with van der Waals surface area (Å²) in [7, 11) is 1.95. The summed E-state index contributed by atoms with van der Waals surface area (Å²) in [5.74, 6) is 0.688. The first-order valence-electron chi connectivity index (χ1n) is 8.23. The van der Waals surface area contributed by atoms with E-state index < -0.39 is 0 Å². The molecule has 1 amide bonds. The van der Waals surface area contributed by atoms with Crippen LogP contribution in [0.5, 0.6) is 0 Å². The van der Waals surface area contributed by atoms with Crippen molar-refractivity contribution in [3.8, 4) is 11.3 Å². The molecule has 128 valence electrons. The van der Waals surface area contributed by atoms with E-state index in [0.29, 0.717) is 11.8 Å². The van der Waals surface area contributed by atoms with E-state index in [0.717, 1.165) is 32.9 Å².